The van der Waals surface area contributed by atoms with Crippen LogP contribution < -0.4 is 4.90 Å². The van der Waals surface area contributed by atoms with Crippen molar-refractivity contribution < 1.29 is 4.74 Å². The maximum Gasteiger partial charge on any atom is 0.0472 e. The Labute approximate surface area is 136 Å². The SMILES string of the molecule is BrCC1(CN2CCN(c3ccccc3)CC2)CCOCC1. The Morgan fingerprint density at radius 3 is 2.29 bits per heavy atom. The average Bonchev–Trinajstić information content (AvgIpc) is 2.57. The van der Waals surface area contributed by atoms with Crippen LogP contribution in [0.15, 0.2) is 30.3 Å². The van der Waals surface area contributed by atoms with Crippen LogP contribution in [0, 0.1) is 5.41 Å². The van der Waals surface area contributed by atoms with Gasteiger partial charge in [-0.2, -0.15) is 0 Å². The summed E-state index contributed by atoms with van der Waals surface area (Å²) >= 11 is 3.75. The molecule has 0 N–H and O–H groups in total. The third-order valence-electron chi connectivity index (χ3n) is 4.89. The highest BCUT2D eigenvalue weighted by molar-refractivity contribution is 9.09. The van der Waals surface area contributed by atoms with Crippen molar-refractivity contribution in [3.63, 3.8) is 0 Å². The molecule has 0 saturated carbocycles. The van der Waals surface area contributed by atoms with E-state index in [-0.39, 0.29) is 0 Å². The lowest BCUT2D eigenvalue weighted by Gasteiger charge is -2.43. The van der Waals surface area contributed by atoms with Crippen LogP contribution in [0.1, 0.15) is 12.8 Å². The van der Waals surface area contributed by atoms with E-state index in [2.05, 4.69) is 56.1 Å². The highest BCUT2D eigenvalue weighted by atomic mass is 79.9. The Morgan fingerprint density at radius 1 is 1.00 bits per heavy atom. The van der Waals surface area contributed by atoms with Gasteiger partial charge in [-0.25, -0.2) is 0 Å². The molecule has 0 spiro atoms. The number of rotatable bonds is 4. The third-order valence-corrected chi connectivity index (χ3v) is 6.08. The number of piperazine rings is 1. The molecule has 116 valence electrons. The fourth-order valence-corrected chi connectivity index (χ4v) is 4.15. The summed E-state index contributed by atoms with van der Waals surface area (Å²) in [6.07, 6.45) is 2.38. The highest BCUT2D eigenvalue weighted by Crippen LogP contribution is 2.34. The number of ether oxygens (including phenoxy) is 1. The van der Waals surface area contributed by atoms with Gasteiger partial charge < -0.3 is 9.64 Å². The van der Waals surface area contributed by atoms with Gasteiger partial charge in [0.2, 0.25) is 0 Å². The quantitative estimate of drug-likeness (QED) is 0.774. The minimum absolute atomic E-state index is 0.424. The van der Waals surface area contributed by atoms with Crippen LogP contribution in [-0.2, 0) is 4.74 Å². The number of nitrogens with zero attached hydrogens (tertiary/aromatic N) is 2. The van der Waals surface area contributed by atoms with Crippen LogP contribution in [-0.4, -0.2) is 56.2 Å². The van der Waals surface area contributed by atoms with E-state index in [1.807, 2.05) is 0 Å². The average molecular weight is 353 g/mol. The van der Waals surface area contributed by atoms with E-state index in [1.165, 1.54) is 38.2 Å². The maximum atomic E-state index is 5.54. The zero-order chi connectivity index (χ0) is 14.5. The predicted molar refractivity (Wildman–Crippen MR) is 91.4 cm³/mol. The Kier molecular flexibility index (Phi) is 5.19. The summed E-state index contributed by atoms with van der Waals surface area (Å²) in [5.41, 5.74) is 1.78. The summed E-state index contributed by atoms with van der Waals surface area (Å²) in [4.78, 5) is 5.15. The van der Waals surface area contributed by atoms with E-state index < -0.39 is 0 Å². The highest BCUT2D eigenvalue weighted by Gasteiger charge is 2.34. The Morgan fingerprint density at radius 2 is 1.67 bits per heavy atom. The molecule has 0 amide bonds. The number of hydrogen-bond acceptors (Lipinski definition) is 3. The van der Waals surface area contributed by atoms with Gasteiger partial charge in [0.25, 0.3) is 0 Å². The van der Waals surface area contributed by atoms with Gasteiger partial charge >= 0.3 is 0 Å². The summed E-state index contributed by atoms with van der Waals surface area (Å²) in [5.74, 6) is 0. The molecule has 1 aromatic rings. The zero-order valence-electron chi connectivity index (χ0n) is 12.6. The first kappa shape index (κ1) is 15.3. The molecule has 3 nitrogen and oxygen atoms in total. The third kappa shape index (κ3) is 3.79. The van der Waals surface area contributed by atoms with E-state index >= 15 is 0 Å². The monoisotopic (exact) mass is 352 g/mol. The molecule has 3 rings (SSSR count). The molecule has 1 aromatic carbocycles. The first-order valence-corrected chi connectivity index (χ1v) is 9.10. The Balaban J connectivity index is 1.53. The van der Waals surface area contributed by atoms with Crippen molar-refractivity contribution in [2.45, 2.75) is 12.8 Å². The van der Waals surface area contributed by atoms with Crippen LogP contribution in [0.2, 0.25) is 0 Å². The molecule has 2 fully saturated rings. The molecule has 0 bridgehead atoms. The number of benzene rings is 1. The largest absolute Gasteiger partial charge is 0.381 e. The normalized spacial score (nSPS) is 23.2. The lowest BCUT2D eigenvalue weighted by molar-refractivity contribution is 0.00737. The van der Waals surface area contributed by atoms with Gasteiger partial charge in [0, 0.05) is 57.0 Å². The fourth-order valence-electron chi connectivity index (χ4n) is 3.42. The molecule has 0 atom stereocenters. The minimum Gasteiger partial charge on any atom is -0.381 e. The van der Waals surface area contributed by atoms with Crippen molar-refractivity contribution >= 4 is 21.6 Å². The summed E-state index contributed by atoms with van der Waals surface area (Å²) < 4.78 is 5.54. The van der Waals surface area contributed by atoms with Gasteiger partial charge in [0.15, 0.2) is 0 Å². The van der Waals surface area contributed by atoms with Crippen molar-refractivity contribution in [1.29, 1.82) is 0 Å². The number of anilines is 1. The first-order chi connectivity index (χ1) is 10.3. The molecular weight excluding hydrogens is 328 g/mol. The molecule has 21 heavy (non-hydrogen) atoms. The van der Waals surface area contributed by atoms with Crippen LogP contribution in [0.4, 0.5) is 5.69 Å². The second-order valence-corrected chi connectivity index (χ2v) is 6.91. The van der Waals surface area contributed by atoms with Crippen LogP contribution >= 0.6 is 15.9 Å². The fraction of sp³-hybridized carbons (Fsp3) is 0.647. The summed E-state index contributed by atoms with van der Waals surface area (Å²) in [6.45, 7) is 7.68. The van der Waals surface area contributed by atoms with Gasteiger partial charge in [-0.15, -0.1) is 0 Å². The van der Waals surface area contributed by atoms with Gasteiger partial charge in [-0.05, 0) is 30.4 Å². The van der Waals surface area contributed by atoms with E-state index in [0.717, 1.165) is 31.6 Å². The van der Waals surface area contributed by atoms with Crippen molar-refractivity contribution in [2.24, 2.45) is 5.41 Å². The minimum atomic E-state index is 0.424. The maximum absolute atomic E-state index is 5.54. The van der Waals surface area contributed by atoms with Crippen molar-refractivity contribution in [1.82, 2.24) is 4.90 Å². The second-order valence-electron chi connectivity index (χ2n) is 6.34. The topological polar surface area (TPSA) is 15.7 Å². The van der Waals surface area contributed by atoms with E-state index in [4.69, 9.17) is 4.74 Å². The van der Waals surface area contributed by atoms with Crippen molar-refractivity contribution in [2.75, 3.05) is 56.2 Å². The molecule has 2 aliphatic rings. The second kappa shape index (κ2) is 7.12. The number of halogens is 1. The smallest absolute Gasteiger partial charge is 0.0472 e. The molecule has 2 aliphatic heterocycles. The molecule has 0 aromatic heterocycles. The molecule has 0 aliphatic carbocycles. The molecule has 0 unspecified atom stereocenters. The molecular formula is C17H25BrN2O. The molecule has 2 saturated heterocycles. The Bertz CT molecular complexity index is 426. The molecule has 4 heteroatoms. The standard InChI is InChI=1S/C17H25BrN2O/c18-14-17(6-12-21-13-7-17)15-19-8-10-20(11-9-19)16-4-2-1-3-5-16/h1-5H,6-15H2. The van der Waals surface area contributed by atoms with Gasteiger partial charge in [-0.3, -0.25) is 4.90 Å². The summed E-state index contributed by atoms with van der Waals surface area (Å²) in [5, 5.41) is 1.10. The number of para-hydroxylation sites is 1. The van der Waals surface area contributed by atoms with Gasteiger partial charge in [-0.1, -0.05) is 34.1 Å². The molecule has 0 radical (unpaired) electrons. The zero-order valence-corrected chi connectivity index (χ0v) is 14.2. The molecule has 2 heterocycles. The van der Waals surface area contributed by atoms with Crippen LogP contribution in [0.5, 0.6) is 0 Å². The Hall–Kier alpha value is -0.580. The van der Waals surface area contributed by atoms with Gasteiger partial charge in [0.05, 0.1) is 0 Å². The van der Waals surface area contributed by atoms with E-state index in [9.17, 15) is 0 Å². The number of alkyl halides is 1. The lowest BCUT2D eigenvalue weighted by atomic mass is 9.81. The first-order valence-electron chi connectivity index (χ1n) is 7.97. The van der Waals surface area contributed by atoms with Crippen LogP contribution in [0.3, 0.4) is 0 Å². The predicted octanol–water partition coefficient (Wildman–Crippen LogP) is 3.00. The number of hydrogen-bond donors (Lipinski definition) is 0. The summed E-state index contributed by atoms with van der Waals surface area (Å²) in [7, 11) is 0. The van der Waals surface area contributed by atoms with Crippen LogP contribution in [0.25, 0.3) is 0 Å². The van der Waals surface area contributed by atoms with Crippen molar-refractivity contribution in [3.8, 4) is 0 Å². The van der Waals surface area contributed by atoms with E-state index in [0.29, 0.717) is 5.41 Å². The van der Waals surface area contributed by atoms with Crippen molar-refractivity contribution in [3.05, 3.63) is 30.3 Å². The van der Waals surface area contributed by atoms with E-state index in [1.54, 1.807) is 0 Å². The summed E-state index contributed by atoms with van der Waals surface area (Å²) in [6, 6.07) is 10.8. The van der Waals surface area contributed by atoms with Gasteiger partial charge in [0.1, 0.15) is 0 Å². The lowest BCUT2D eigenvalue weighted by Crippen LogP contribution is -2.51.